The summed E-state index contributed by atoms with van der Waals surface area (Å²) in [6.45, 7) is 7.59. The molecule has 1 rings (SSSR count). The number of nitrogens with two attached hydrogens (primary N) is 1. The van der Waals surface area contributed by atoms with Crippen LogP contribution in [0.25, 0.3) is 0 Å². The van der Waals surface area contributed by atoms with Crippen LogP contribution in [0.1, 0.15) is 20.3 Å². The van der Waals surface area contributed by atoms with Crippen LogP contribution in [0.3, 0.4) is 0 Å². The minimum atomic E-state index is -0.0949. The Balaban J connectivity index is 2.35. The standard InChI is InChI=1S/C11H22N2O2S/c1-11(2,10(12)16)3-4-13-5-6-15-9(7-13)8-14/h9,14H,3-8H2,1-2H3,(H2,12,16). The molecule has 1 heterocycles. The van der Waals surface area contributed by atoms with Gasteiger partial charge in [-0.3, -0.25) is 4.90 Å². The van der Waals surface area contributed by atoms with E-state index in [1.807, 2.05) is 0 Å². The van der Waals surface area contributed by atoms with Crippen LogP contribution < -0.4 is 5.73 Å². The van der Waals surface area contributed by atoms with Crippen molar-refractivity contribution in [3.05, 3.63) is 0 Å². The molecule has 94 valence electrons. The van der Waals surface area contributed by atoms with Crippen molar-refractivity contribution in [2.45, 2.75) is 26.4 Å². The van der Waals surface area contributed by atoms with Gasteiger partial charge in [-0.15, -0.1) is 0 Å². The van der Waals surface area contributed by atoms with Crippen LogP contribution in [0.4, 0.5) is 0 Å². The Morgan fingerprint density at radius 2 is 2.31 bits per heavy atom. The Kier molecular flexibility index (Phi) is 5.11. The number of hydrogen-bond donors (Lipinski definition) is 2. The quantitative estimate of drug-likeness (QED) is 0.687. The number of rotatable bonds is 5. The number of ether oxygens (including phenoxy) is 1. The van der Waals surface area contributed by atoms with Gasteiger partial charge in [-0.05, 0) is 13.0 Å². The van der Waals surface area contributed by atoms with Gasteiger partial charge < -0.3 is 15.6 Å². The molecule has 16 heavy (non-hydrogen) atoms. The molecule has 0 aromatic heterocycles. The first-order valence-electron chi connectivity index (χ1n) is 5.70. The Morgan fingerprint density at radius 3 is 2.88 bits per heavy atom. The summed E-state index contributed by atoms with van der Waals surface area (Å²) in [6.07, 6.45) is 0.905. The molecule has 0 amide bonds. The average molecular weight is 246 g/mol. The first-order chi connectivity index (χ1) is 7.45. The first kappa shape index (κ1) is 13.8. The molecule has 1 unspecified atom stereocenters. The van der Waals surface area contributed by atoms with Crippen LogP contribution in [0, 0.1) is 5.41 Å². The van der Waals surface area contributed by atoms with Crippen molar-refractivity contribution in [1.82, 2.24) is 4.90 Å². The van der Waals surface area contributed by atoms with Gasteiger partial charge in [-0.1, -0.05) is 26.1 Å². The Hall–Kier alpha value is -0.230. The predicted octanol–water partition coefficient (Wildman–Crippen LogP) is 0.382. The SMILES string of the molecule is CC(C)(CCN1CCOC(CO)C1)C(N)=S. The zero-order chi connectivity index (χ0) is 12.2. The molecular weight excluding hydrogens is 224 g/mol. The van der Waals surface area contributed by atoms with Crippen LogP contribution in [-0.4, -0.2) is 53.9 Å². The molecule has 0 radical (unpaired) electrons. The van der Waals surface area contributed by atoms with Crippen molar-refractivity contribution in [3.63, 3.8) is 0 Å². The second-order valence-electron chi connectivity index (χ2n) is 4.97. The summed E-state index contributed by atoms with van der Waals surface area (Å²) in [5, 5.41) is 9.03. The molecular formula is C11H22N2O2S. The molecule has 1 saturated heterocycles. The molecule has 1 aliphatic rings. The topological polar surface area (TPSA) is 58.7 Å². The highest BCUT2D eigenvalue weighted by Gasteiger charge is 2.25. The number of thiocarbonyl (C=S) groups is 1. The van der Waals surface area contributed by atoms with E-state index in [4.69, 9.17) is 27.8 Å². The van der Waals surface area contributed by atoms with Crippen molar-refractivity contribution in [1.29, 1.82) is 0 Å². The monoisotopic (exact) mass is 246 g/mol. The maximum absolute atomic E-state index is 9.03. The molecule has 3 N–H and O–H groups in total. The summed E-state index contributed by atoms with van der Waals surface area (Å²) in [7, 11) is 0. The summed E-state index contributed by atoms with van der Waals surface area (Å²) in [4.78, 5) is 2.86. The Morgan fingerprint density at radius 1 is 1.62 bits per heavy atom. The maximum Gasteiger partial charge on any atom is 0.0932 e. The lowest BCUT2D eigenvalue weighted by atomic mass is 9.89. The van der Waals surface area contributed by atoms with E-state index >= 15 is 0 Å². The van der Waals surface area contributed by atoms with Gasteiger partial charge in [0.25, 0.3) is 0 Å². The van der Waals surface area contributed by atoms with Gasteiger partial charge in [0.05, 0.1) is 24.3 Å². The Labute approximate surface area is 103 Å². The van der Waals surface area contributed by atoms with E-state index in [1.54, 1.807) is 0 Å². The molecule has 0 aromatic carbocycles. The lowest BCUT2D eigenvalue weighted by Crippen LogP contribution is -2.45. The Bertz CT molecular complexity index is 246. The molecule has 4 nitrogen and oxygen atoms in total. The predicted molar refractivity (Wildman–Crippen MR) is 68.4 cm³/mol. The third-order valence-electron chi connectivity index (χ3n) is 3.15. The average Bonchev–Trinajstić information content (AvgIpc) is 2.26. The van der Waals surface area contributed by atoms with Crippen molar-refractivity contribution in [2.24, 2.45) is 11.1 Å². The smallest absolute Gasteiger partial charge is 0.0932 e. The van der Waals surface area contributed by atoms with E-state index < -0.39 is 0 Å². The molecule has 5 heteroatoms. The van der Waals surface area contributed by atoms with Gasteiger partial charge in [-0.2, -0.15) is 0 Å². The molecule has 0 saturated carbocycles. The fourth-order valence-corrected chi connectivity index (χ4v) is 1.76. The number of hydrogen-bond acceptors (Lipinski definition) is 4. The van der Waals surface area contributed by atoms with Crippen LogP contribution in [0.5, 0.6) is 0 Å². The molecule has 1 fully saturated rings. The zero-order valence-electron chi connectivity index (χ0n) is 10.1. The van der Waals surface area contributed by atoms with E-state index in [0.29, 0.717) is 11.6 Å². The van der Waals surface area contributed by atoms with Crippen molar-refractivity contribution < 1.29 is 9.84 Å². The molecule has 0 aromatic rings. The third-order valence-corrected chi connectivity index (χ3v) is 3.70. The van der Waals surface area contributed by atoms with E-state index in [9.17, 15) is 0 Å². The highest BCUT2D eigenvalue weighted by atomic mass is 32.1. The minimum Gasteiger partial charge on any atom is -0.394 e. The van der Waals surface area contributed by atoms with Crippen LogP contribution >= 0.6 is 12.2 Å². The van der Waals surface area contributed by atoms with Gasteiger partial charge >= 0.3 is 0 Å². The highest BCUT2D eigenvalue weighted by molar-refractivity contribution is 7.80. The van der Waals surface area contributed by atoms with Gasteiger partial charge in [-0.25, -0.2) is 0 Å². The summed E-state index contributed by atoms with van der Waals surface area (Å²) in [5.41, 5.74) is 5.59. The van der Waals surface area contributed by atoms with Crippen molar-refractivity contribution in [3.8, 4) is 0 Å². The normalized spacial score (nSPS) is 23.3. The molecule has 0 spiro atoms. The fourth-order valence-electron chi connectivity index (χ4n) is 1.65. The highest BCUT2D eigenvalue weighted by Crippen LogP contribution is 2.21. The lowest BCUT2D eigenvalue weighted by molar-refractivity contribution is -0.0539. The van der Waals surface area contributed by atoms with Crippen molar-refractivity contribution >= 4 is 17.2 Å². The number of morpholine rings is 1. The van der Waals surface area contributed by atoms with E-state index in [-0.39, 0.29) is 18.1 Å². The second kappa shape index (κ2) is 5.91. The van der Waals surface area contributed by atoms with Gasteiger partial charge in [0.2, 0.25) is 0 Å². The molecule has 0 bridgehead atoms. The minimum absolute atomic E-state index is 0.0401. The molecule has 1 aliphatic heterocycles. The third kappa shape index (κ3) is 3.97. The van der Waals surface area contributed by atoms with Gasteiger partial charge in [0.15, 0.2) is 0 Å². The van der Waals surface area contributed by atoms with Crippen LogP contribution in [-0.2, 0) is 4.74 Å². The number of aliphatic hydroxyl groups excluding tert-OH is 1. The summed E-state index contributed by atoms with van der Waals surface area (Å²) < 4.78 is 5.39. The van der Waals surface area contributed by atoms with Crippen molar-refractivity contribution in [2.75, 3.05) is 32.8 Å². The van der Waals surface area contributed by atoms with Gasteiger partial charge in [0.1, 0.15) is 0 Å². The van der Waals surface area contributed by atoms with E-state index in [1.165, 1.54) is 0 Å². The largest absolute Gasteiger partial charge is 0.394 e. The summed E-state index contributed by atoms with van der Waals surface area (Å²) in [6, 6.07) is 0. The zero-order valence-corrected chi connectivity index (χ0v) is 10.9. The molecule has 1 atom stereocenters. The van der Waals surface area contributed by atoms with Crippen LogP contribution in [0.2, 0.25) is 0 Å². The molecule has 0 aliphatic carbocycles. The second-order valence-corrected chi connectivity index (χ2v) is 5.41. The fraction of sp³-hybridized carbons (Fsp3) is 0.909. The number of nitrogens with zero attached hydrogens (tertiary/aromatic N) is 1. The van der Waals surface area contributed by atoms with E-state index in [0.717, 1.165) is 26.1 Å². The maximum atomic E-state index is 9.03. The van der Waals surface area contributed by atoms with Gasteiger partial charge in [0, 0.05) is 18.5 Å². The lowest BCUT2D eigenvalue weighted by Gasteiger charge is -2.34. The first-order valence-corrected chi connectivity index (χ1v) is 6.11. The number of aliphatic hydroxyl groups is 1. The summed E-state index contributed by atoms with van der Waals surface area (Å²) >= 11 is 5.04. The summed E-state index contributed by atoms with van der Waals surface area (Å²) in [5.74, 6) is 0. The van der Waals surface area contributed by atoms with E-state index in [2.05, 4.69) is 18.7 Å². The van der Waals surface area contributed by atoms with Crippen LogP contribution in [0.15, 0.2) is 0 Å².